The average molecular weight is 359 g/mol. The number of halogens is 1. The Hall–Kier alpha value is -2.50. The largest absolute Gasteiger partial charge is 0.352 e. The molecule has 2 rings (SSSR count). The van der Waals surface area contributed by atoms with Crippen molar-refractivity contribution >= 4 is 5.91 Å². The summed E-state index contributed by atoms with van der Waals surface area (Å²) >= 11 is 0. The van der Waals surface area contributed by atoms with Crippen LogP contribution in [0.25, 0.3) is 11.3 Å². The number of aromatic nitrogens is 2. The van der Waals surface area contributed by atoms with Gasteiger partial charge in [-0.2, -0.15) is 5.10 Å². The Morgan fingerprint density at radius 2 is 1.88 bits per heavy atom. The molecule has 1 amide bonds. The molecule has 1 heterocycles. The fourth-order valence-corrected chi connectivity index (χ4v) is 2.74. The molecular formula is C20H26FN3O2. The van der Waals surface area contributed by atoms with Gasteiger partial charge in [-0.15, -0.1) is 0 Å². The van der Waals surface area contributed by atoms with Gasteiger partial charge in [-0.3, -0.25) is 9.59 Å². The van der Waals surface area contributed by atoms with Crippen LogP contribution in [0.1, 0.15) is 40.0 Å². The van der Waals surface area contributed by atoms with Crippen molar-refractivity contribution in [2.75, 3.05) is 0 Å². The van der Waals surface area contributed by atoms with Crippen LogP contribution >= 0.6 is 0 Å². The lowest BCUT2D eigenvalue weighted by Crippen LogP contribution is -2.38. The smallest absolute Gasteiger partial charge is 0.267 e. The zero-order valence-electron chi connectivity index (χ0n) is 15.5. The maximum Gasteiger partial charge on any atom is 0.267 e. The summed E-state index contributed by atoms with van der Waals surface area (Å²) in [5, 5.41) is 7.03. The van der Waals surface area contributed by atoms with Gasteiger partial charge in [-0.05, 0) is 37.5 Å². The SMILES string of the molecule is CC(C)CCCC(C)NC(=O)Cn1nc(-c2ccccc2F)ccc1=O. The van der Waals surface area contributed by atoms with Crippen molar-refractivity contribution < 1.29 is 9.18 Å². The zero-order valence-corrected chi connectivity index (χ0v) is 15.5. The molecule has 0 bridgehead atoms. The van der Waals surface area contributed by atoms with E-state index >= 15 is 0 Å². The molecule has 1 N–H and O–H groups in total. The summed E-state index contributed by atoms with van der Waals surface area (Å²) < 4.78 is 15.0. The van der Waals surface area contributed by atoms with Gasteiger partial charge in [0.25, 0.3) is 5.56 Å². The van der Waals surface area contributed by atoms with E-state index in [0.29, 0.717) is 17.2 Å². The molecule has 1 unspecified atom stereocenters. The van der Waals surface area contributed by atoms with Crippen LogP contribution in [0.15, 0.2) is 41.2 Å². The Bertz CT molecular complexity index is 802. The van der Waals surface area contributed by atoms with Crippen LogP contribution in [0.4, 0.5) is 4.39 Å². The minimum atomic E-state index is -0.423. The van der Waals surface area contributed by atoms with E-state index in [0.717, 1.165) is 23.9 Å². The molecule has 1 aromatic carbocycles. The topological polar surface area (TPSA) is 64.0 Å². The molecule has 1 aromatic heterocycles. The third kappa shape index (κ3) is 5.79. The summed E-state index contributed by atoms with van der Waals surface area (Å²) in [5.41, 5.74) is 0.219. The van der Waals surface area contributed by atoms with E-state index in [1.807, 2.05) is 6.92 Å². The lowest BCUT2D eigenvalue weighted by Gasteiger charge is -2.15. The van der Waals surface area contributed by atoms with Crippen LogP contribution in [-0.2, 0) is 11.3 Å². The number of nitrogens with one attached hydrogen (secondary N) is 1. The van der Waals surface area contributed by atoms with E-state index < -0.39 is 11.4 Å². The maximum absolute atomic E-state index is 13.9. The van der Waals surface area contributed by atoms with Gasteiger partial charge < -0.3 is 5.32 Å². The Kier molecular flexibility index (Phi) is 7.06. The molecule has 26 heavy (non-hydrogen) atoms. The van der Waals surface area contributed by atoms with Crippen molar-refractivity contribution in [2.24, 2.45) is 5.92 Å². The highest BCUT2D eigenvalue weighted by molar-refractivity contribution is 5.76. The van der Waals surface area contributed by atoms with Crippen LogP contribution < -0.4 is 10.9 Å². The standard InChI is InChI=1S/C20H26FN3O2/c1-14(2)7-6-8-15(3)22-19(25)13-24-20(26)12-11-18(23-24)16-9-4-5-10-17(16)21/h4-5,9-12,14-15H,6-8,13H2,1-3H3,(H,22,25). The van der Waals surface area contributed by atoms with Crippen molar-refractivity contribution in [1.29, 1.82) is 0 Å². The Labute approximate surface area is 153 Å². The van der Waals surface area contributed by atoms with Crippen LogP contribution in [-0.4, -0.2) is 21.7 Å². The maximum atomic E-state index is 13.9. The van der Waals surface area contributed by atoms with Crippen molar-refractivity contribution in [3.63, 3.8) is 0 Å². The first-order valence-corrected chi connectivity index (χ1v) is 8.99. The summed E-state index contributed by atoms with van der Waals surface area (Å²) in [4.78, 5) is 24.2. The molecular weight excluding hydrogens is 333 g/mol. The van der Waals surface area contributed by atoms with Gasteiger partial charge in [0, 0.05) is 17.7 Å². The summed E-state index contributed by atoms with van der Waals surface area (Å²) in [6, 6.07) is 9.00. The predicted octanol–water partition coefficient (Wildman–Crippen LogP) is 3.38. The molecule has 6 heteroatoms. The molecule has 0 fully saturated rings. The van der Waals surface area contributed by atoms with E-state index in [-0.39, 0.29) is 18.5 Å². The molecule has 0 aliphatic heterocycles. The normalized spacial score (nSPS) is 12.2. The van der Waals surface area contributed by atoms with Gasteiger partial charge in [0.05, 0.1) is 5.69 Å². The van der Waals surface area contributed by atoms with E-state index in [2.05, 4.69) is 24.3 Å². The molecule has 0 saturated heterocycles. The van der Waals surface area contributed by atoms with Crippen molar-refractivity contribution in [3.8, 4) is 11.3 Å². The molecule has 5 nitrogen and oxygen atoms in total. The molecule has 2 aromatic rings. The Balaban J connectivity index is 2.03. The van der Waals surface area contributed by atoms with Crippen LogP contribution in [0.5, 0.6) is 0 Å². The number of amides is 1. The lowest BCUT2D eigenvalue weighted by atomic mass is 10.0. The van der Waals surface area contributed by atoms with E-state index in [1.54, 1.807) is 18.2 Å². The molecule has 1 atom stereocenters. The number of carbonyl (C=O) groups excluding carboxylic acids is 1. The monoisotopic (exact) mass is 359 g/mol. The van der Waals surface area contributed by atoms with E-state index in [4.69, 9.17) is 0 Å². The molecule has 0 aliphatic rings. The molecule has 0 radical (unpaired) electrons. The van der Waals surface area contributed by atoms with Gasteiger partial charge in [0.1, 0.15) is 12.4 Å². The highest BCUT2D eigenvalue weighted by Gasteiger charge is 2.12. The Morgan fingerprint density at radius 1 is 1.15 bits per heavy atom. The average Bonchev–Trinajstić information content (AvgIpc) is 2.57. The second-order valence-electron chi connectivity index (χ2n) is 6.99. The van der Waals surface area contributed by atoms with Crippen molar-refractivity contribution in [2.45, 2.75) is 52.6 Å². The van der Waals surface area contributed by atoms with Gasteiger partial charge in [0.15, 0.2) is 0 Å². The number of rotatable bonds is 8. The summed E-state index contributed by atoms with van der Waals surface area (Å²) in [6.07, 6.45) is 3.05. The van der Waals surface area contributed by atoms with Crippen LogP contribution in [0.2, 0.25) is 0 Å². The first kappa shape index (κ1) is 19.8. The summed E-state index contributed by atoms with van der Waals surface area (Å²) in [6.45, 7) is 6.10. The van der Waals surface area contributed by atoms with Crippen molar-refractivity contribution in [3.05, 3.63) is 52.6 Å². The van der Waals surface area contributed by atoms with Crippen LogP contribution in [0.3, 0.4) is 0 Å². The predicted molar refractivity (Wildman–Crippen MR) is 100 cm³/mol. The number of nitrogens with zero attached hydrogens (tertiary/aromatic N) is 2. The highest BCUT2D eigenvalue weighted by atomic mass is 19.1. The summed E-state index contributed by atoms with van der Waals surface area (Å²) in [7, 11) is 0. The van der Waals surface area contributed by atoms with Gasteiger partial charge in [-0.1, -0.05) is 38.8 Å². The van der Waals surface area contributed by atoms with Gasteiger partial charge in [0.2, 0.25) is 5.91 Å². The number of carbonyl (C=O) groups is 1. The minimum absolute atomic E-state index is 0.0340. The molecule has 0 saturated carbocycles. The first-order valence-electron chi connectivity index (χ1n) is 8.99. The second-order valence-corrected chi connectivity index (χ2v) is 6.99. The first-order chi connectivity index (χ1) is 12.4. The van der Waals surface area contributed by atoms with Crippen LogP contribution in [0, 0.1) is 11.7 Å². The quantitative estimate of drug-likeness (QED) is 0.786. The molecule has 0 aliphatic carbocycles. The Morgan fingerprint density at radius 3 is 2.58 bits per heavy atom. The molecule has 0 spiro atoms. The number of hydrogen-bond donors (Lipinski definition) is 1. The third-order valence-corrected chi connectivity index (χ3v) is 4.14. The third-order valence-electron chi connectivity index (χ3n) is 4.14. The zero-order chi connectivity index (χ0) is 19.1. The summed E-state index contributed by atoms with van der Waals surface area (Å²) in [5.74, 6) is -0.0578. The fraction of sp³-hybridized carbons (Fsp3) is 0.450. The highest BCUT2D eigenvalue weighted by Crippen LogP contribution is 2.18. The van der Waals surface area contributed by atoms with Gasteiger partial charge >= 0.3 is 0 Å². The van der Waals surface area contributed by atoms with Crippen molar-refractivity contribution in [1.82, 2.24) is 15.1 Å². The lowest BCUT2D eigenvalue weighted by molar-refractivity contribution is -0.122. The van der Waals surface area contributed by atoms with E-state index in [1.165, 1.54) is 18.2 Å². The molecule has 140 valence electrons. The fourth-order valence-electron chi connectivity index (χ4n) is 2.74. The van der Waals surface area contributed by atoms with Gasteiger partial charge in [-0.25, -0.2) is 9.07 Å². The van der Waals surface area contributed by atoms with E-state index in [9.17, 15) is 14.0 Å². The minimum Gasteiger partial charge on any atom is -0.352 e. The number of benzene rings is 1. The second kappa shape index (κ2) is 9.27. The number of hydrogen-bond acceptors (Lipinski definition) is 3.